The largest absolute Gasteiger partial charge is 0.337 e. The Labute approximate surface area is 148 Å². The molecular weight excluding hydrogens is 326 g/mol. The second-order valence-corrected chi connectivity index (χ2v) is 8.19. The molecule has 1 amide bonds. The van der Waals surface area contributed by atoms with Gasteiger partial charge in [-0.15, -0.1) is 11.3 Å². The number of hydrogen-bond donors (Lipinski definition) is 0. The number of nitrogens with zero attached hydrogens (tertiary/aromatic N) is 1. The van der Waals surface area contributed by atoms with E-state index in [1.165, 1.54) is 11.3 Å². The third-order valence-electron chi connectivity index (χ3n) is 3.38. The summed E-state index contributed by atoms with van der Waals surface area (Å²) in [4.78, 5) is 16.7. The van der Waals surface area contributed by atoms with Gasteiger partial charge >= 0.3 is 0 Å². The van der Waals surface area contributed by atoms with Crippen molar-refractivity contribution in [2.24, 2.45) is 11.8 Å². The van der Waals surface area contributed by atoms with Crippen LogP contribution in [0.4, 0.5) is 0 Å². The number of carbonyl (C=O) groups excluding carboxylic acids is 1. The van der Waals surface area contributed by atoms with Gasteiger partial charge < -0.3 is 4.90 Å². The van der Waals surface area contributed by atoms with Crippen LogP contribution in [0.3, 0.4) is 0 Å². The summed E-state index contributed by atoms with van der Waals surface area (Å²) in [5.74, 6) is 1.06. The van der Waals surface area contributed by atoms with E-state index < -0.39 is 0 Å². The quantitative estimate of drug-likeness (QED) is 0.643. The van der Waals surface area contributed by atoms with Gasteiger partial charge in [-0.05, 0) is 41.7 Å². The highest BCUT2D eigenvalue weighted by atomic mass is 35.5. The lowest BCUT2D eigenvalue weighted by Crippen LogP contribution is -2.36. The molecule has 0 saturated heterocycles. The second-order valence-electron chi connectivity index (χ2n) is 6.67. The van der Waals surface area contributed by atoms with Crippen LogP contribution in [0, 0.1) is 11.8 Å². The van der Waals surface area contributed by atoms with Crippen LogP contribution in [0.25, 0.3) is 10.4 Å². The number of rotatable bonds is 6. The molecule has 1 aromatic heterocycles. The van der Waals surface area contributed by atoms with E-state index in [1.54, 1.807) is 0 Å². The van der Waals surface area contributed by atoms with Crippen molar-refractivity contribution in [2.75, 3.05) is 13.1 Å². The number of benzene rings is 1. The predicted molar refractivity (Wildman–Crippen MR) is 100 cm³/mol. The third kappa shape index (κ3) is 5.08. The smallest absolute Gasteiger partial charge is 0.263 e. The minimum Gasteiger partial charge on any atom is -0.337 e. The highest BCUT2D eigenvalue weighted by Gasteiger charge is 2.20. The molecule has 23 heavy (non-hydrogen) atoms. The molecule has 124 valence electrons. The average Bonchev–Trinajstić information content (AvgIpc) is 2.94. The van der Waals surface area contributed by atoms with Crippen molar-refractivity contribution in [3.05, 3.63) is 46.3 Å². The minimum absolute atomic E-state index is 0.130. The monoisotopic (exact) mass is 349 g/mol. The summed E-state index contributed by atoms with van der Waals surface area (Å²) in [6, 6.07) is 11.7. The summed E-state index contributed by atoms with van der Waals surface area (Å²) in [6.07, 6.45) is 0. The van der Waals surface area contributed by atoms with E-state index in [0.717, 1.165) is 28.4 Å². The van der Waals surface area contributed by atoms with Gasteiger partial charge in [0.25, 0.3) is 5.91 Å². The molecule has 1 heterocycles. The van der Waals surface area contributed by atoms with Crippen LogP contribution in [0.1, 0.15) is 37.4 Å². The van der Waals surface area contributed by atoms with Crippen LogP contribution in [0.5, 0.6) is 0 Å². The number of carbonyl (C=O) groups is 1. The maximum Gasteiger partial charge on any atom is 0.263 e. The van der Waals surface area contributed by atoms with E-state index in [0.29, 0.717) is 16.9 Å². The molecule has 0 aliphatic heterocycles. The van der Waals surface area contributed by atoms with E-state index >= 15 is 0 Å². The van der Waals surface area contributed by atoms with Crippen molar-refractivity contribution in [1.29, 1.82) is 0 Å². The van der Waals surface area contributed by atoms with Gasteiger partial charge in [0.05, 0.1) is 4.88 Å². The van der Waals surface area contributed by atoms with Crippen molar-refractivity contribution in [3.63, 3.8) is 0 Å². The Morgan fingerprint density at radius 3 is 2.30 bits per heavy atom. The average molecular weight is 350 g/mol. The summed E-state index contributed by atoms with van der Waals surface area (Å²) in [7, 11) is 0. The molecule has 0 aliphatic carbocycles. The zero-order valence-electron chi connectivity index (χ0n) is 14.2. The Morgan fingerprint density at radius 2 is 1.74 bits per heavy atom. The van der Waals surface area contributed by atoms with E-state index in [1.807, 2.05) is 41.3 Å². The van der Waals surface area contributed by atoms with Gasteiger partial charge in [0.1, 0.15) is 0 Å². The van der Waals surface area contributed by atoms with Gasteiger partial charge in [0.15, 0.2) is 0 Å². The Balaban J connectivity index is 2.21. The van der Waals surface area contributed by atoms with Crippen LogP contribution in [-0.2, 0) is 0 Å². The topological polar surface area (TPSA) is 20.3 Å². The third-order valence-corrected chi connectivity index (χ3v) is 4.74. The number of thiophene rings is 1. The minimum atomic E-state index is 0.130. The molecule has 0 aliphatic rings. The lowest BCUT2D eigenvalue weighted by molar-refractivity contribution is 0.0720. The van der Waals surface area contributed by atoms with E-state index in [-0.39, 0.29) is 5.91 Å². The highest BCUT2D eigenvalue weighted by molar-refractivity contribution is 7.17. The first-order chi connectivity index (χ1) is 10.9. The molecule has 1 aromatic carbocycles. The Hall–Kier alpha value is -1.32. The lowest BCUT2D eigenvalue weighted by atomic mass is 10.1. The first kappa shape index (κ1) is 18.0. The van der Waals surface area contributed by atoms with Crippen LogP contribution in [0.2, 0.25) is 5.02 Å². The van der Waals surface area contributed by atoms with Crippen LogP contribution >= 0.6 is 22.9 Å². The molecule has 0 saturated carbocycles. The van der Waals surface area contributed by atoms with Gasteiger partial charge in [-0.25, -0.2) is 0 Å². The molecular formula is C19H24ClNOS. The van der Waals surface area contributed by atoms with Gasteiger partial charge in [-0.2, -0.15) is 0 Å². The van der Waals surface area contributed by atoms with Crippen molar-refractivity contribution in [3.8, 4) is 10.4 Å². The SMILES string of the molecule is CC(C)CN(CC(C)C)C(=O)c1ccc(-c2cccc(Cl)c2)s1. The molecule has 0 radical (unpaired) electrons. The van der Waals surface area contributed by atoms with E-state index in [9.17, 15) is 4.79 Å². The summed E-state index contributed by atoms with van der Waals surface area (Å²) < 4.78 is 0. The Bertz CT molecular complexity index is 653. The zero-order valence-corrected chi connectivity index (χ0v) is 15.7. The zero-order chi connectivity index (χ0) is 17.0. The summed E-state index contributed by atoms with van der Waals surface area (Å²) in [6.45, 7) is 10.2. The standard InChI is InChI=1S/C19H24ClNOS/c1-13(2)11-21(12-14(3)4)19(22)18-9-8-17(23-18)15-6-5-7-16(20)10-15/h5-10,13-14H,11-12H2,1-4H3. The fourth-order valence-electron chi connectivity index (χ4n) is 2.53. The molecule has 2 rings (SSSR count). The van der Waals surface area contributed by atoms with Crippen LogP contribution in [-0.4, -0.2) is 23.9 Å². The first-order valence-electron chi connectivity index (χ1n) is 8.02. The Kier molecular flexibility index (Phi) is 6.25. The summed E-state index contributed by atoms with van der Waals surface area (Å²) in [5.41, 5.74) is 1.06. The summed E-state index contributed by atoms with van der Waals surface area (Å²) in [5, 5.41) is 0.713. The van der Waals surface area contributed by atoms with Gasteiger partial charge in [-0.3, -0.25) is 4.79 Å². The van der Waals surface area contributed by atoms with Gasteiger partial charge in [0.2, 0.25) is 0 Å². The van der Waals surface area contributed by atoms with E-state index in [4.69, 9.17) is 11.6 Å². The molecule has 0 fully saturated rings. The number of hydrogen-bond acceptors (Lipinski definition) is 2. The maximum absolute atomic E-state index is 12.8. The molecule has 0 spiro atoms. The van der Waals surface area contributed by atoms with Gasteiger partial charge in [-0.1, -0.05) is 51.4 Å². The van der Waals surface area contributed by atoms with Crippen LogP contribution < -0.4 is 0 Å². The van der Waals surface area contributed by atoms with E-state index in [2.05, 4.69) is 27.7 Å². The van der Waals surface area contributed by atoms with Crippen LogP contribution in [0.15, 0.2) is 36.4 Å². The van der Waals surface area contributed by atoms with Crippen molar-refractivity contribution in [2.45, 2.75) is 27.7 Å². The Morgan fingerprint density at radius 1 is 1.09 bits per heavy atom. The molecule has 0 N–H and O–H groups in total. The number of amides is 1. The first-order valence-corrected chi connectivity index (χ1v) is 9.21. The van der Waals surface area contributed by atoms with Crippen molar-refractivity contribution >= 4 is 28.8 Å². The molecule has 0 unspecified atom stereocenters. The number of halogens is 1. The molecule has 2 aromatic rings. The maximum atomic E-state index is 12.8. The van der Waals surface area contributed by atoms with Crippen molar-refractivity contribution < 1.29 is 4.79 Å². The molecule has 4 heteroatoms. The molecule has 2 nitrogen and oxygen atoms in total. The highest BCUT2D eigenvalue weighted by Crippen LogP contribution is 2.30. The fourth-order valence-corrected chi connectivity index (χ4v) is 3.69. The van der Waals surface area contributed by atoms with Crippen molar-refractivity contribution in [1.82, 2.24) is 4.90 Å². The molecule has 0 bridgehead atoms. The molecule has 0 atom stereocenters. The van der Waals surface area contributed by atoms with Gasteiger partial charge in [0, 0.05) is 23.0 Å². The summed E-state index contributed by atoms with van der Waals surface area (Å²) >= 11 is 7.59. The lowest BCUT2D eigenvalue weighted by Gasteiger charge is -2.25. The predicted octanol–water partition coefficient (Wildman–Crippen LogP) is 5.82. The second kappa shape index (κ2) is 7.98. The normalized spacial score (nSPS) is 11.3. The fraction of sp³-hybridized carbons (Fsp3) is 0.421.